The summed E-state index contributed by atoms with van der Waals surface area (Å²) >= 11 is 0. The molecule has 18 heavy (non-hydrogen) atoms. The summed E-state index contributed by atoms with van der Waals surface area (Å²) in [5.74, 6) is 1.78. The van der Waals surface area contributed by atoms with Crippen molar-refractivity contribution in [3.8, 4) is 0 Å². The molecule has 0 bridgehead atoms. The predicted octanol–water partition coefficient (Wildman–Crippen LogP) is 2.23. The van der Waals surface area contributed by atoms with E-state index in [1.165, 1.54) is 11.1 Å². The Morgan fingerprint density at radius 1 is 1.22 bits per heavy atom. The van der Waals surface area contributed by atoms with Gasteiger partial charge in [-0.05, 0) is 37.9 Å². The van der Waals surface area contributed by atoms with Crippen molar-refractivity contribution in [3.05, 3.63) is 47.2 Å². The predicted molar refractivity (Wildman–Crippen MR) is 68.4 cm³/mol. The van der Waals surface area contributed by atoms with Crippen molar-refractivity contribution in [2.45, 2.75) is 31.7 Å². The molecule has 1 N–H and O–H groups in total. The highest BCUT2D eigenvalue weighted by Crippen LogP contribution is 2.33. The first-order chi connectivity index (χ1) is 8.78. The zero-order valence-corrected chi connectivity index (χ0v) is 10.7. The van der Waals surface area contributed by atoms with Crippen LogP contribution in [-0.2, 0) is 12.8 Å². The minimum atomic E-state index is 0.107. The lowest BCUT2D eigenvalue weighted by Gasteiger charge is -2.04. The topological polar surface area (TPSA) is 51.0 Å². The molecule has 1 atom stereocenters. The van der Waals surface area contributed by atoms with Crippen LogP contribution < -0.4 is 5.32 Å². The molecule has 1 aliphatic carbocycles. The van der Waals surface area contributed by atoms with E-state index >= 15 is 0 Å². The fourth-order valence-electron chi connectivity index (χ4n) is 2.44. The molecule has 2 aromatic rings. The van der Waals surface area contributed by atoms with Gasteiger partial charge < -0.3 is 9.73 Å². The van der Waals surface area contributed by atoms with Crippen LogP contribution in [0.25, 0.3) is 0 Å². The Balaban J connectivity index is 1.80. The second-order valence-electron chi connectivity index (χ2n) is 4.86. The number of hydrogen-bond donors (Lipinski definition) is 1. The molecule has 1 aliphatic rings. The third kappa shape index (κ3) is 1.93. The van der Waals surface area contributed by atoms with Gasteiger partial charge in [-0.3, -0.25) is 0 Å². The first-order valence-electron chi connectivity index (χ1n) is 6.35. The maximum absolute atomic E-state index is 5.77. The normalized spacial score (nSPS) is 16.8. The smallest absolute Gasteiger partial charge is 0.233 e. The molecule has 1 aromatic carbocycles. The summed E-state index contributed by atoms with van der Waals surface area (Å²) in [5.41, 5.74) is 2.81. The van der Waals surface area contributed by atoms with E-state index in [0.29, 0.717) is 11.8 Å². The second-order valence-corrected chi connectivity index (χ2v) is 4.86. The number of rotatable bonds is 3. The lowest BCUT2D eigenvalue weighted by Crippen LogP contribution is -2.12. The van der Waals surface area contributed by atoms with E-state index in [2.05, 4.69) is 39.8 Å². The van der Waals surface area contributed by atoms with Crippen LogP contribution in [0.3, 0.4) is 0 Å². The van der Waals surface area contributed by atoms with E-state index in [1.807, 2.05) is 14.0 Å². The molecule has 0 saturated carbocycles. The first-order valence-corrected chi connectivity index (χ1v) is 6.35. The van der Waals surface area contributed by atoms with Gasteiger partial charge in [0.1, 0.15) is 0 Å². The summed E-state index contributed by atoms with van der Waals surface area (Å²) in [5, 5.41) is 11.4. The molecule has 0 saturated heterocycles. The molecule has 0 amide bonds. The molecular weight excluding hydrogens is 226 g/mol. The monoisotopic (exact) mass is 243 g/mol. The average molecular weight is 243 g/mol. The van der Waals surface area contributed by atoms with Gasteiger partial charge >= 0.3 is 0 Å². The lowest BCUT2D eigenvalue weighted by atomic mass is 10.1. The SMILES string of the molecule is CNC(C)c1nnc(C2Cc3ccccc3C2)o1. The molecule has 0 aliphatic heterocycles. The molecule has 1 heterocycles. The number of aromatic nitrogens is 2. The summed E-state index contributed by atoms with van der Waals surface area (Å²) in [6, 6.07) is 8.65. The van der Waals surface area contributed by atoms with Gasteiger partial charge in [-0.15, -0.1) is 10.2 Å². The van der Waals surface area contributed by atoms with Crippen molar-refractivity contribution in [2.75, 3.05) is 7.05 Å². The summed E-state index contributed by atoms with van der Waals surface area (Å²) in [7, 11) is 1.89. The number of nitrogens with zero attached hydrogens (tertiary/aromatic N) is 2. The second kappa shape index (κ2) is 4.53. The molecule has 0 radical (unpaired) electrons. The van der Waals surface area contributed by atoms with Gasteiger partial charge in [0.25, 0.3) is 0 Å². The lowest BCUT2D eigenvalue weighted by molar-refractivity contribution is 0.385. The van der Waals surface area contributed by atoms with E-state index in [1.54, 1.807) is 0 Å². The van der Waals surface area contributed by atoms with Crippen molar-refractivity contribution < 1.29 is 4.42 Å². The maximum Gasteiger partial charge on any atom is 0.233 e. The highest BCUT2D eigenvalue weighted by molar-refractivity contribution is 5.34. The van der Waals surface area contributed by atoms with Crippen LogP contribution in [0.2, 0.25) is 0 Å². The van der Waals surface area contributed by atoms with Crippen LogP contribution in [0.1, 0.15) is 41.8 Å². The molecule has 3 rings (SSSR count). The molecule has 0 fully saturated rings. The molecule has 4 heteroatoms. The van der Waals surface area contributed by atoms with Crippen LogP contribution >= 0.6 is 0 Å². The summed E-state index contributed by atoms with van der Waals surface area (Å²) in [6.07, 6.45) is 2.01. The summed E-state index contributed by atoms with van der Waals surface area (Å²) < 4.78 is 5.77. The standard InChI is InChI=1S/C14H17N3O/c1-9(15-2)13-16-17-14(18-13)12-7-10-5-3-4-6-11(10)8-12/h3-6,9,12,15H,7-8H2,1-2H3. The van der Waals surface area contributed by atoms with Gasteiger partial charge in [-0.25, -0.2) is 0 Å². The third-order valence-electron chi connectivity index (χ3n) is 3.66. The van der Waals surface area contributed by atoms with Crippen molar-refractivity contribution in [2.24, 2.45) is 0 Å². The number of benzene rings is 1. The molecule has 1 aromatic heterocycles. The Hall–Kier alpha value is -1.68. The van der Waals surface area contributed by atoms with Crippen LogP contribution in [0.15, 0.2) is 28.7 Å². The minimum Gasteiger partial charge on any atom is -0.423 e. The molecule has 0 spiro atoms. The maximum atomic E-state index is 5.77. The summed E-state index contributed by atoms with van der Waals surface area (Å²) in [6.45, 7) is 2.01. The zero-order valence-electron chi connectivity index (χ0n) is 10.7. The highest BCUT2D eigenvalue weighted by atomic mass is 16.4. The fourth-order valence-corrected chi connectivity index (χ4v) is 2.44. The largest absolute Gasteiger partial charge is 0.423 e. The Morgan fingerprint density at radius 2 is 1.89 bits per heavy atom. The van der Waals surface area contributed by atoms with Crippen LogP contribution in [-0.4, -0.2) is 17.2 Å². The van der Waals surface area contributed by atoms with Crippen molar-refractivity contribution in [1.82, 2.24) is 15.5 Å². The number of fused-ring (bicyclic) bond motifs is 1. The Morgan fingerprint density at radius 3 is 2.50 bits per heavy atom. The third-order valence-corrected chi connectivity index (χ3v) is 3.66. The van der Waals surface area contributed by atoms with Crippen molar-refractivity contribution in [3.63, 3.8) is 0 Å². The van der Waals surface area contributed by atoms with Crippen LogP contribution in [0.4, 0.5) is 0 Å². The Bertz CT molecular complexity index is 524. The van der Waals surface area contributed by atoms with Gasteiger partial charge in [0.2, 0.25) is 11.8 Å². The van der Waals surface area contributed by atoms with Gasteiger partial charge in [0, 0.05) is 5.92 Å². The van der Waals surface area contributed by atoms with E-state index < -0.39 is 0 Å². The molecule has 1 unspecified atom stereocenters. The first kappa shape index (κ1) is 11.4. The Kier molecular flexibility index (Phi) is 2.88. The van der Waals surface area contributed by atoms with E-state index in [9.17, 15) is 0 Å². The molecule has 94 valence electrons. The quantitative estimate of drug-likeness (QED) is 0.898. The number of hydrogen-bond acceptors (Lipinski definition) is 4. The Labute approximate surface area is 106 Å². The van der Waals surface area contributed by atoms with Gasteiger partial charge in [-0.2, -0.15) is 0 Å². The van der Waals surface area contributed by atoms with Gasteiger partial charge in [0.15, 0.2) is 0 Å². The van der Waals surface area contributed by atoms with Crippen molar-refractivity contribution in [1.29, 1.82) is 0 Å². The molecular formula is C14H17N3O. The van der Waals surface area contributed by atoms with Crippen molar-refractivity contribution >= 4 is 0 Å². The van der Waals surface area contributed by atoms with Crippen LogP contribution in [0, 0.1) is 0 Å². The molecule has 4 nitrogen and oxygen atoms in total. The zero-order chi connectivity index (χ0) is 12.5. The summed E-state index contributed by atoms with van der Waals surface area (Å²) in [4.78, 5) is 0. The van der Waals surface area contributed by atoms with Gasteiger partial charge in [-0.1, -0.05) is 24.3 Å². The fraction of sp³-hybridized carbons (Fsp3) is 0.429. The number of nitrogens with one attached hydrogen (secondary N) is 1. The van der Waals surface area contributed by atoms with E-state index in [4.69, 9.17) is 4.42 Å². The van der Waals surface area contributed by atoms with E-state index in [-0.39, 0.29) is 6.04 Å². The average Bonchev–Trinajstić information content (AvgIpc) is 3.03. The minimum absolute atomic E-state index is 0.107. The highest BCUT2D eigenvalue weighted by Gasteiger charge is 2.27. The van der Waals surface area contributed by atoms with Crippen LogP contribution in [0.5, 0.6) is 0 Å². The van der Waals surface area contributed by atoms with Gasteiger partial charge in [0.05, 0.1) is 6.04 Å². The van der Waals surface area contributed by atoms with E-state index in [0.717, 1.165) is 18.7 Å².